The number of aromatic nitrogens is 8. The van der Waals surface area contributed by atoms with Crippen LogP contribution >= 0.6 is 0 Å². The van der Waals surface area contributed by atoms with Crippen LogP contribution in [0.15, 0.2) is 21.7 Å². The third kappa shape index (κ3) is 7.65. The second-order valence-corrected chi connectivity index (χ2v) is 6.54. The van der Waals surface area contributed by atoms with E-state index in [0.29, 0.717) is 6.54 Å². The summed E-state index contributed by atoms with van der Waals surface area (Å²) in [5.74, 6) is -1.09. The van der Waals surface area contributed by atoms with Gasteiger partial charge in [0.1, 0.15) is 5.60 Å². The van der Waals surface area contributed by atoms with Gasteiger partial charge in [-0.25, -0.2) is 19.2 Å². The summed E-state index contributed by atoms with van der Waals surface area (Å²) in [5.41, 5.74) is -1.39. The van der Waals surface area contributed by atoms with Crippen LogP contribution in [0.3, 0.4) is 0 Å². The number of methoxy groups -OCH3 is 1. The molecule has 0 aromatic carbocycles. The van der Waals surface area contributed by atoms with Crippen LogP contribution in [0.2, 0.25) is 0 Å². The second-order valence-electron chi connectivity index (χ2n) is 6.54. The van der Waals surface area contributed by atoms with E-state index < -0.39 is 28.9 Å². The van der Waals surface area contributed by atoms with Crippen LogP contribution in [0.5, 0.6) is 0 Å². The normalized spacial score (nSPS) is 11.4. The molecule has 0 aliphatic carbocycles. The van der Waals surface area contributed by atoms with Gasteiger partial charge in [-0.15, -0.1) is 0 Å². The van der Waals surface area contributed by atoms with Gasteiger partial charge in [-0.05, 0) is 48.5 Å². The number of rotatable bonds is 5. The SMILES string of the molecule is CCn1nnn(/C=C\C(=O)OC)c1=O.Cn1nnn(/C=C\C(=O)OC(C)(C)C)c1=O. The molecule has 0 saturated carbocycles. The number of ether oxygens (including phenoxy) is 2. The van der Waals surface area contributed by atoms with E-state index in [1.807, 2.05) is 0 Å². The van der Waals surface area contributed by atoms with E-state index >= 15 is 0 Å². The number of nitrogens with zero attached hydrogens (tertiary/aromatic N) is 8. The summed E-state index contributed by atoms with van der Waals surface area (Å²) >= 11 is 0. The fourth-order valence-electron chi connectivity index (χ4n) is 1.67. The van der Waals surface area contributed by atoms with Crippen LogP contribution < -0.4 is 11.4 Å². The van der Waals surface area contributed by atoms with E-state index in [1.54, 1.807) is 27.7 Å². The third-order valence-electron chi connectivity index (χ3n) is 3.02. The first-order valence-electron chi connectivity index (χ1n) is 8.66. The lowest BCUT2D eigenvalue weighted by molar-refractivity contribution is -0.148. The van der Waals surface area contributed by atoms with Gasteiger partial charge in [0.25, 0.3) is 0 Å². The minimum atomic E-state index is -0.561. The highest BCUT2D eigenvalue weighted by Crippen LogP contribution is 2.06. The Morgan fingerprint density at radius 3 is 1.90 bits per heavy atom. The van der Waals surface area contributed by atoms with E-state index in [2.05, 4.69) is 25.6 Å². The third-order valence-corrected chi connectivity index (χ3v) is 3.02. The molecular formula is C16H24N8O6. The number of hydrogen-bond donors (Lipinski definition) is 0. The Bertz CT molecular complexity index is 1030. The molecule has 2 heterocycles. The number of carbonyl (C=O) groups is 2. The Labute approximate surface area is 170 Å². The largest absolute Gasteiger partial charge is 0.466 e. The Balaban J connectivity index is 0.000000303. The molecule has 0 aliphatic heterocycles. The number of carbonyl (C=O) groups excluding carboxylic acids is 2. The molecule has 14 nitrogen and oxygen atoms in total. The zero-order valence-electron chi connectivity index (χ0n) is 17.5. The number of tetrazole rings is 2. The highest BCUT2D eigenvalue weighted by molar-refractivity contribution is 5.85. The lowest BCUT2D eigenvalue weighted by Crippen LogP contribution is -2.23. The van der Waals surface area contributed by atoms with Gasteiger partial charge in [0.15, 0.2) is 0 Å². The molecule has 2 aromatic rings. The molecule has 0 fully saturated rings. The summed E-state index contributed by atoms with van der Waals surface area (Å²) in [6, 6.07) is 0. The van der Waals surface area contributed by atoms with Crippen molar-refractivity contribution in [3.8, 4) is 0 Å². The van der Waals surface area contributed by atoms with Gasteiger partial charge in [0.05, 0.1) is 7.11 Å². The molecule has 0 amide bonds. The van der Waals surface area contributed by atoms with Crippen molar-refractivity contribution in [2.45, 2.75) is 39.8 Å². The molecule has 0 atom stereocenters. The summed E-state index contributed by atoms with van der Waals surface area (Å²) in [6.45, 7) is 7.48. The molecule has 0 spiro atoms. The van der Waals surface area contributed by atoms with E-state index in [1.165, 1.54) is 31.2 Å². The van der Waals surface area contributed by atoms with Gasteiger partial charge < -0.3 is 9.47 Å². The summed E-state index contributed by atoms with van der Waals surface area (Å²) in [7, 11) is 2.71. The van der Waals surface area contributed by atoms with Gasteiger partial charge in [-0.2, -0.15) is 18.7 Å². The monoisotopic (exact) mass is 424 g/mol. The highest BCUT2D eigenvalue weighted by atomic mass is 16.6. The summed E-state index contributed by atoms with van der Waals surface area (Å²) < 4.78 is 13.5. The lowest BCUT2D eigenvalue weighted by atomic mass is 10.2. The molecule has 0 aliphatic rings. The van der Waals surface area contributed by atoms with Crippen LogP contribution in [0.4, 0.5) is 0 Å². The van der Waals surface area contributed by atoms with E-state index in [0.717, 1.165) is 26.2 Å². The van der Waals surface area contributed by atoms with Gasteiger partial charge in [0, 0.05) is 38.1 Å². The minimum absolute atomic E-state index is 0.396. The van der Waals surface area contributed by atoms with Crippen molar-refractivity contribution < 1.29 is 19.1 Å². The fourth-order valence-corrected chi connectivity index (χ4v) is 1.67. The molecule has 0 N–H and O–H groups in total. The molecule has 2 aromatic heterocycles. The first-order chi connectivity index (χ1) is 14.0. The highest BCUT2D eigenvalue weighted by Gasteiger charge is 2.14. The van der Waals surface area contributed by atoms with E-state index in [9.17, 15) is 19.2 Å². The molecule has 2 rings (SSSR count). The van der Waals surface area contributed by atoms with Crippen LogP contribution in [0.1, 0.15) is 27.7 Å². The predicted octanol–water partition coefficient (Wildman–Crippen LogP) is -1.11. The molecule has 30 heavy (non-hydrogen) atoms. The van der Waals surface area contributed by atoms with E-state index in [4.69, 9.17) is 4.74 Å². The smallest absolute Gasteiger partial charge is 0.367 e. The van der Waals surface area contributed by atoms with Gasteiger partial charge in [-0.1, -0.05) is 0 Å². The van der Waals surface area contributed by atoms with E-state index in [-0.39, 0.29) is 0 Å². The topological polar surface area (TPSA) is 158 Å². The van der Waals surface area contributed by atoms with Crippen LogP contribution in [-0.2, 0) is 32.7 Å². The second kappa shape index (κ2) is 10.6. The van der Waals surface area contributed by atoms with Crippen LogP contribution in [-0.4, -0.2) is 64.2 Å². The Hall–Kier alpha value is -3.84. The van der Waals surface area contributed by atoms with Crippen LogP contribution in [0.25, 0.3) is 12.4 Å². The maximum Gasteiger partial charge on any atom is 0.367 e. The molecule has 164 valence electrons. The Kier molecular flexibility index (Phi) is 8.58. The van der Waals surface area contributed by atoms with Crippen molar-refractivity contribution in [3.63, 3.8) is 0 Å². The molecule has 0 radical (unpaired) electrons. The quantitative estimate of drug-likeness (QED) is 0.426. The molecule has 14 heteroatoms. The summed E-state index contributed by atoms with van der Waals surface area (Å²) in [5, 5.41) is 14.1. The fraction of sp³-hybridized carbons (Fsp3) is 0.500. The zero-order valence-corrected chi connectivity index (χ0v) is 17.5. The first-order valence-corrected chi connectivity index (χ1v) is 8.66. The Morgan fingerprint density at radius 1 is 0.933 bits per heavy atom. The standard InChI is InChI=1S/C9H14N4O3.C7H10N4O3/c1-9(2,3)16-7(14)5-6-13-8(15)12(4)10-11-13;1-3-10-7(13)11(9-8-10)5-4-6(12)14-2/h5-6H,1-4H3;4-5H,3H2,1-2H3/b6-5-;5-4-. The zero-order chi connectivity index (χ0) is 22.9. The maximum atomic E-state index is 11.3. The van der Waals surface area contributed by atoms with Crippen molar-refractivity contribution in [3.05, 3.63) is 33.1 Å². The minimum Gasteiger partial charge on any atom is -0.466 e. The van der Waals surface area contributed by atoms with Crippen LogP contribution in [0, 0.1) is 0 Å². The van der Waals surface area contributed by atoms with Crippen molar-refractivity contribution >= 4 is 24.3 Å². The average molecular weight is 424 g/mol. The maximum absolute atomic E-state index is 11.3. The van der Waals surface area contributed by atoms with Crippen molar-refractivity contribution in [2.24, 2.45) is 7.05 Å². The van der Waals surface area contributed by atoms with Gasteiger partial charge >= 0.3 is 23.3 Å². The van der Waals surface area contributed by atoms with Crippen molar-refractivity contribution in [1.82, 2.24) is 39.6 Å². The summed E-state index contributed by atoms with van der Waals surface area (Å²) in [4.78, 5) is 44.5. The van der Waals surface area contributed by atoms with Gasteiger partial charge in [0.2, 0.25) is 0 Å². The lowest BCUT2D eigenvalue weighted by Gasteiger charge is -2.17. The first kappa shape index (κ1) is 24.2. The van der Waals surface area contributed by atoms with Crippen molar-refractivity contribution in [1.29, 1.82) is 0 Å². The summed E-state index contributed by atoms with van der Waals surface area (Å²) in [6.07, 6.45) is 4.63. The number of esters is 2. The average Bonchev–Trinajstić information content (AvgIpc) is 3.19. The predicted molar refractivity (Wildman–Crippen MR) is 104 cm³/mol. The van der Waals surface area contributed by atoms with Gasteiger partial charge in [-0.3, -0.25) is 0 Å². The molecule has 0 saturated heterocycles. The molecular weight excluding hydrogens is 400 g/mol. The Morgan fingerprint density at radius 2 is 1.47 bits per heavy atom. The number of hydrogen-bond acceptors (Lipinski definition) is 10. The molecule has 0 bridgehead atoms. The number of aryl methyl sites for hydroxylation is 2. The van der Waals surface area contributed by atoms with Crippen molar-refractivity contribution in [2.75, 3.05) is 7.11 Å². The molecule has 0 unspecified atom stereocenters.